The highest BCUT2D eigenvalue weighted by Crippen LogP contribution is 2.49. The van der Waals surface area contributed by atoms with Gasteiger partial charge in [-0.25, -0.2) is 0 Å². The van der Waals surface area contributed by atoms with Crippen LogP contribution in [0.2, 0.25) is 0 Å². The van der Waals surface area contributed by atoms with E-state index in [1.54, 1.807) is 11.8 Å². The van der Waals surface area contributed by atoms with Gasteiger partial charge in [0.25, 0.3) is 0 Å². The lowest BCUT2D eigenvalue weighted by Gasteiger charge is -2.42. The summed E-state index contributed by atoms with van der Waals surface area (Å²) in [6, 6.07) is 0. The molecule has 1 rings (SSSR count). The van der Waals surface area contributed by atoms with Gasteiger partial charge in [-0.15, -0.1) is 11.8 Å². The summed E-state index contributed by atoms with van der Waals surface area (Å²) in [5.74, 6) is -0.331. The molecule has 0 aromatic heterocycles. The van der Waals surface area contributed by atoms with Gasteiger partial charge < -0.3 is 5.11 Å². The quantitative estimate of drug-likeness (QED) is 0.788. The van der Waals surface area contributed by atoms with Crippen LogP contribution in [-0.4, -0.2) is 20.6 Å². The first-order valence-corrected chi connectivity index (χ1v) is 6.53. The van der Waals surface area contributed by atoms with E-state index in [0.717, 1.165) is 19.3 Å². The third-order valence-corrected chi connectivity index (χ3v) is 4.84. The summed E-state index contributed by atoms with van der Waals surface area (Å²) in [6.45, 7) is 8.39. The van der Waals surface area contributed by atoms with Crippen molar-refractivity contribution in [1.82, 2.24) is 0 Å². The SMILES string of the molecule is CC1CCCCC1(SC(C)(C)C)C(=O)O. The minimum absolute atomic E-state index is 0.0178. The molecule has 2 atom stereocenters. The lowest BCUT2D eigenvalue weighted by Crippen LogP contribution is -2.46. The van der Waals surface area contributed by atoms with Gasteiger partial charge >= 0.3 is 5.97 Å². The van der Waals surface area contributed by atoms with Gasteiger partial charge in [0.15, 0.2) is 0 Å². The Morgan fingerprint density at radius 1 is 1.40 bits per heavy atom. The fourth-order valence-corrected chi connectivity index (χ4v) is 4.12. The molecule has 0 heterocycles. The Morgan fingerprint density at radius 2 is 2.00 bits per heavy atom. The fraction of sp³-hybridized carbons (Fsp3) is 0.917. The van der Waals surface area contributed by atoms with Crippen LogP contribution in [0.3, 0.4) is 0 Å². The molecule has 0 amide bonds. The number of aliphatic carboxylic acids is 1. The fourth-order valence-electron chi connectivity index (χ4n) is 2.38. The van der Waals surface area contributed by atoms with Gasteiger partial charge in [-0.1, -0.05) is 40.5 Å². The van der Waals surface area contributed by atoms with Crippen LogP contribution in [0.5, 0.6) is 0 Å². The monoisotopic (exact) mass is 230 g/mol. The van der Waals surface area contributed by atoms with Gasteiger partial charge in [0.1, 0.15) is 4.75 Å². The van der Waals surface area contributed by atoms with Crippen LogP contribution >= 0.6 is 11.8 Å². The molecule has 15 heavy (non-hydrogen) atoms. The van der Waals surface area contributed by atoms with Crippen molar-refractivity contribution >= 4 is 17.7 Å². The third-order valence-electron chi connectivity index (χ3n) is 3.08. The molecular weight excluding hydrogens is 208 g/mol. The topological polar surface area (TPSA) is 37.3 Å². The summed E-state index contributed by atoms with van der Waals surface area (Å²) in [5.41, 5.74) is 0. The Kier molecular flexibility index (Phi) is 3.75. The van der Waals surface area contributed by atoms with Gasteiger partial charge in [0.2, 0.25) is 0 Å². The van der Waals surface area contributed by atoms with Crippen molar-refractivity contribution in [2.24, 2.45) is 5.92 Å². The summed E-state index contributed by atoms with van der Waals surface area (Å²) < 4.78 is -0.527. The molecule has 1 fully saturated rings. The van der Waals surface area contributed by atoms with Crippen LogP contribution in [0, 0.1) is 5.92 Å². The summed E-state index contributed by atoms with van der Waals surface area (Å²) in [7, 11) is 0. The number of hydrogen-bond acceptors (Lipinski definition) is 2. The maximum Gasteiger partial charge on any atom is 0.320 e. The number of carboxylic acid groups (broad SMARTS) is 1. The van der Waals surface area contributed by atoms with E-state index in [1.165, 1.54) is 6.42 Å². The Balaban J connectivity index is 2.91. The Morgan fingerprint density at radius 3 is 2.40 bits per heavy atom. The summed E-state index contributed by atoms with van der Waals surface area (Å²) in [5, 5.41) is 9.50. The lowest BCUT2D eigenvalue weighted by molar-refractivity contribution is -0.142. The van der Waals surface area contributed by atoms with E-state index < -0.39 is 10.7 Å². The molecule has 1 N–H and O–H groups in total. The zero-order chi connectivity index (χ0) is 11.7. The van der Waals surface area contributed by atoms with Gasteiger partial charge in [-0.05, 0) is 18.8 Å². The van der Waals surface area contributed by atoms with Crippen molar-refractivity contribution in [1.29, 1.82) is 0 Å². The van der Waals surface area contributed by atoms with E-state index in [-0.39, 0.29) is 10.7 Å². The van der Waals surface area contributed by atoms with Crippen LogP contribution < -0.4 is 0 Å². The van der Waals surface area contributed by atoms with E-state index in [9.17, 15) is 9.90 Å². The molecule has 0 aromatic rings. The van der Waals surface area contributed by atoms with Crippen molar-refractivity contribution in [2.45, 2.75) is 62.9 Å². The van der Waals surface area contributed by atoms with E-state index in [2.05, 4.69) is 27.7 Å². The molecule has 0 bridgehead atoms. The molecule has 1 saturated carbocycles. The van der Waals surface area contributed by atoms with Crippen molar-refractivity contribution in [3.63, 3.8) is 0 Å². The Hall–Kier alpha value is -0.180. The van der Waals surface area contributed by atoms with E-state index in [0.29, 0.717) is 0 Å². The molecule has 0 saturated heterocycles. The molecule has 0 radical (unpaired) electrons. The van der Waals surface area contributed by atoms with Crippen molar-refractivity contribution in [2.75, 3.05) is 0 Å². The Bertz CT molecular complexity index is 244. The first-order valence-electron chi connectivity index (χ1n) is 5.71. The molecule has 1 aliphatic rings. The molecule has 1 aliphatic carbocycles. The second-order valence-electron chi connectivity index (χ2n) is 5.56. The van der Waals surface area contributed by atoms with Crippen LogP contribution in [0.4, 0.5) is 0 Å². The maximum atomic E-state index is 11.5. The lowest BCUT2D eigenvalue weighted by atomic mass is 9.79. The Labute approximate surface area is 96.8 Å². The molecule has 0 spiro atoms. The second-order valence-corrected chi connectivity index (χ2v) is 7.71. The van der Waals surface area contributed by atoms with Gasteiger partial charge in [-0.3, -0.25) is 4.79 Å². The average molecular weight is 230 g/mol. The molecule has 0 aromatic carbocycles. The number of carboxylic acids is 1. The predicted molar refractivity (Wildman–Crippen MR) is 65.3 cm³/mol. The molecule has 2 nitrogen and oxygen atoms in total. The minimum Gasteiger partial charge on any atom is -0.480 e. The van der Waals surface area contributed by atoms with Gasteiger partial charge in [0.05, 0.1) is 0 Å². The highest BCUT2D eigenvalue weighted by molar-refractivity contribution is 8.02. The van der Waals surface area contributed by atoms with Crippen molar-refractivity contribution < 1.29 is 9.90 Å². The molecule has 88 valence electrons. The highest BCUT2D eigenvalue weighted by Gasteiger charge is 2.47. The zero-order valence-corrected chi connectivity index (χ0v) is 11.0. The summed E-state index contributed by atoms with van der Waals surface area (Å²) in [6.07, 6.45) is 4.11. The maximum absolute atomic E-state index is 11.5. The number of hydrogen-bond donors (Lipinski definition) is 1. The summed E-state index contributed by atoms with van der Waals surface area (Å²) in [4.78, 5) is 11.5. The second kappa shape index (κ2) is 4.36. The standard InChI is InChI=1S/C12H22O2S/c1-9-7-5-6-8-12(9,10(13)14)15-11(2,3)4/h9H,5-8H2,1-4H3,(H,13,14). The smallest absolute Gasteiger partial charge is 0.320 e. The summed E-state index contributed by atoms with van der Waals surface area (Å²) >= 11 is 1.64. The molecular formula is C12H22O2S. The van der Waals surface area contributed by atoms with Crippen LogP contribution in [0.1, 0.15) is 53.4 Å². The van der Waals surface area contributed by atoms with Crippen LogP contribution in [0.15, 0.2) is 0 Å². The third kappa shape index (κ3) is 2.90. The minimum atomic E-state index is -0.616. The van der Waals surface area contributed by atoms with Gasteiger partial charge in [-0.2, -0.15) is 0 Å². The van der Waals surface area contributed by atoms with E-state index >= 15 is 0 Å². The number of thioether (sulfide) groups is 1. The molecule has 3 heteroatoms. The zero-order valence-electron chi connectivity index (χ0n) is 10.2. The first-order chi connectivity index (χ1) is 6.78. The van der Waals surface area contributed by atoms with Gasteiger partial charge in [0, 0.05) is 4.75 Å². The largest absolute Gasteiger partial charge is 0.480 e. The predicted octanol–water partition coefficient (Wildman–Crippen LogP) is 3.55. The van der Waals surface area contributed by atoms with Crippen LogP contribution in [-0.2, 0) is 4.79 Å². The average Bonchev–Trinajstić information content (AvgIpc) is 2.06. The molecule has 0 aliphatic heterocycles. The number of carbonyl (C=O) groups is 1. The van der Waals surface area contributed by atoms with E-state index in [4.69, 9.17) is 0 Å². The van der Waals surface area contributed by atoms with Crippen molar-refractivity contribution in [3.05, 3.63) is 0 Å². The highest BCUT2D eigenvalue weighted by atomic mass is 32.2. The van der Waals surface area contributed by atoms with E-state index in [1.807, 2.05) is 0 Å². The van der Waals surface area contributed by atoms with Crippen LogP contribution in [0.25, 0.3) is 0 Å². The number of rotatable bonds is 2. The molecule has 2 unspecified atom stereocenters. The first kappa shape index (κ1) is 12.9. The normalized spacial score (nSPS) is 32.7. The van der Waals surface area contributed by atoms with Crippen molar-refractivity contribution in [3.8, 4) is 0 Å².